The molecule has 0 fully saturated rings. The number of halogens is 2. The number of aryl methyl sites for hydroxylation is 2. The van der Waals surface area contributed by atoms with Crippen LogP contribution in [0, 0.1) is 25.8 Å². The maximum Gasteiger partial charge on any atom is -0.0132 e. The molecule has 1 atom stereocenters. The van der Waals surface area contributed by atoms with Gasteiger partial charge in [-0.2, -0.15) is 23.3 Å². The van der Waals surface area contributed by atoms with Crippen LogP contribution in [0.15, 0.2) is 113 Å². The van der Waals surface area contributed by atoms with Gasteiger partial charge < -0.3 is 24.8 Å². The first kappa shape index (κ1) is 41.4. The summed E-state index contributed by atoms with van der Waals surface area (Å²) in [7, 11) is 0. The second-order valence-electron chi connectivity index (χ2n) is 14.4. The Bertz CT molecular complexity index is 2030. The van der Waals surface area contributed by atoms with Crippen LogP contribution in [-0.4, -0.2) is 10.7 Å². The van der Waals surface area contributed by atoms with Crippen LogP contribution < -0.4 is 24.8 Å². The number of rotatable bonds is 3. The van der Waals surface area contributed by atoms with Crippen molar-refractivity contribution in [2.24, 2.45) is 5.92 Å². The molecule has 1 aliphatic heterocycles. The van der Waals surface area contributed by atoms with E-state index in [4.69, 9.17) is 0 Å². The maximum absolute atomic E-state index is 3.61. The number of hydrogen-bond acceptors (Lipinski definition) is 1. The first-order valence-corrected chi connectivity index (χ1v) is 23.9. The van der Waals surface area contributed by atoms with Crippen molar-refractivity contribution >= 4 is 44.3 Å². The fourth-order valence-corrected chi connectivity index (χ4v) is 7.53. The van der Waals surface area contributed by atoms with Crippen molar-refractivity contribution < 1.29 is 48.1 Å². The van der Waals surface area contributed by atoms with Gasteiger partial charge in [-0.3, -0.25) is 0 Å². The number of allylic oxidation sites excluding steroid dienone is 4. The topological polar surface area (TPSA) is 0 Å². The van der Waals surface area contributed by atoms with Crippen LogP contribution in [0.25, 0.3) is 38.2 Å². The summed E-state index contributed by atoms with van der Waals surface area (Å²) in [6.07, 6.45) is 5.97. The first-order chi connectivity index (χ1) is 22.2. The minimum atomic E-state index is 0. The Kier molecular flexibility index (Phi) is 14.8. The maximum atomic E-state index is 3.61. The van der Waals surface area contributed by atoms with E-state index >= 15 is 0 Å². The molecule has 2 aliphatic rings. The molecule has 5 aromatic carbocycles. The van der Waals surface area contributed by atoms with Gasteiger partial charge in [0.05, 0.1) is 0 Å². The van der Waals surface area contributed by atoms with Gasteiger partial charge in [0, 0.05) is 5.25 Å². The third kappa shape index (κ3) is 9.66. The molecule has 7 rings (SSSR count). The molecule has 5 aromatic rings. The van der Waals surface area contributed by atoms with Gasteiger partial charge in [-0.1, -0.05) is 132 Å². The van der Waals surface area contributed by atoms with Crippen LogP contribution in [0.4, 0.5) is 0 Å². The molecule has 254 valence electrons. The van der Waals surface area contributed by atoms with Crippen molar-refractivity contribution in [1.82, 2.24) is 0 Å². The molecule has 0 aromatic heterocycles. The summed E-state index contributed by atoms with van der Waals surface area (Å²) in [5, 5.41) is 5.92. The van der Waals surface area contributed by atoms with Gasteiger partial charge in [0.1, 0.15) is 0 Å². The van der Waals surface area contributed by atoms with Crippen LogP contribution in [0.1, 0.15) is 63.8 Å². The molecule has 0 nitrogen and oxygen atoms in total. The Morgan fingerprint density at radius 2 is 1.47 bits per heavy atom. The quantitative estimate of drug-likeness (QED) is 0.141. The fraction of sp³-hybridized carbons (Fsp3) is 0.295. The number of thioether (sulfide) groups is 1. The molecular weight excluding hydrogens is 751 g/mol. The smallest absolute Gasteiger partial charge is 0.0132 e. The number of fused-ring (bicyclic) bond motifs is 3. The second-order valence-corrected chi connectivity index (χ2v) is 25.2. The van der Waals surface area contributed by atoms with Crippen molar-refractivity contribution in [3.05, 3.63) is 141 Å². The molecule has 1 heterocycles. The molecule has 0 radical (unpaired) electrons. The molecule has 0 bridgehead atoms. The standard InChI is InChI=1S/C21H19S.C21H23.C2H6Si.2ClH.Zr/c1-13(2)16-11-19-20(12-16)22-14(3)21(19)18-10-6-8-15-7-4-5-9-17(15)18;1-14-12-19-15(2)6-11-18(20(19)13-14)16-7-9-17(10-8-16)21(3,4)5;1-3-2;;;/h4-11,13-14H,1-3H3;6-13H,1-5H3;1-2H3;2*1H;/q2*-1;;;;+2/p-2. The average molecular weight is 799 g/mol. The van der Waals surface area contributed by atoms with Crippen LogP contribution >= 0.6 is 11.8 Å². The Labute approximate surface area is 327 Å². The summed E-state index contributed by atoms with van der Waals surface area (Å²) < 4.78 is 0. The van der Waals surface area contributed by atoms with Crippen LogP contribution in [0.3, 0.4) is 0 Å². The zero-order chi connectivity index (χ0) is 34.0. The van der Waals surface area contributed by atoms with Crippen LogP contribution in [0.5, 0.6) is 0 Å². The monoisotopic (exact) mass is 796 g/mol. The van der Waals surface area contributed by atoms with E-state index in [2.05, 4.69) is 172 Å². The van der Waals surface area contributed by atoms with Gasteiger partial charge in [-0.15, -0.1) is 50.7 Å². The fourth-order valence-electron chi connectivity index (χ4n) is 6.33. The van der Waals surface area contributed by atoms with Crippen molar-refractivity contribution in [3.8, 4) is 11.1 Å². The van der Waals surface area contributed by atoms with Gasteiger partial charge in [0.2, 0.25) is 0 Å². The molecular formula is C44H48Cl2SSiZr-2. The zero-order valence-corrected chi connectivity index (χ0v) is 36.3. The largest absolute Gasteiger partial charge is 1.00 e. The Morgan fingerprint density at radius 3 is 2.10 bits per heavy atom. The van der Waals surface area contributed by atoms with Crippen molar-refractivity contribution in [2.45, 2.75) is 79.1 Å². The van der Waals surface area contributed by atoms with Gasteiger partial charge in [-0.25, -0.2) is 6.08 Å². The van der Waals surface area contributed by atoms with E-state index in [9.17, 15) is 0 Å². The molecule has 49 heavy (non-hydrogen) atoms. The van der Waals surface area contributed by atoms with Crippen molar-refractivity contribution in [1.29, 1.82) is 0 Å². The molecule has 0 N–H and O–H groups in total. The average Bonchev–Trinajstić information content (AvgIpc) is 3.69. The third-order valence-corrected chi connectivity index (χ3v) is 9.95. The van der Waals surface area contributed by atoms with Gasteiger partial charge in [-0.05, 0) is 45.7 Å². The molecule has 0 saturated carbocycles. The zero-order valence-electron chi connectivity index (χ0n) is 30.6. The Morgan fingerprint density at radius 1 is 0.837 bits per heavy atom. The van der Waals surface area contributed by atoms with Crippen LogP contribution in [0.2, 0.25) is 13.1 Å². The number of hydrogen-bond donors (Lipinski definition) is 0. The molecule has 0 saturated heterocycles. The third-order valence-electron chi connectivity index (χ3n) is 8.81. The predicted octanol–water partition coefficient (Wildman–Crippen LogP) is 6.94. The molecule has 1 aliphatic carbocycles. The second kappa shape index (κ2) is 17.5. The van der Waals surface area contributed by atoms with Crippen molar-refractivity contribution in [3.63, 3.8) is 0 Å². The summed E-state index contributed by atoms with van der Waals surface area (Å²) in [4.78, 5) is 1.33. The minimum Gasteiger partial charge on any atom is -1.00 e. The van der Waals surface area contributed by atoms with E-state index in [0.717, 1.165) is 0 Å². The normalized spacial score (nSPS) is 15.0. The summed E-state index contributed by atoms with van der Waals surface area (Å²) in [5.41, 5.74) is 12.7. The van der Waals surface area contributed by atoms with Crippen LogP contribution in [-0.2, 0) is 28.8 Å². The number of benzene rings is 4. The summed E-state index contributed by atoms with van der Waals surface area (Å²) >= 11 is 3.69. The van der Waals surface area contributed by atoms with Gasteiger partial charge >= 0.3 is 41.9 Å². The molecule has 5 heteroatoms. The van der Waals surface area contributed by atoms with E-state index in [1.165, 1.54) is 76.6 Å². The van der Waals surface area contributed by atoms with E-state index in [1.807, 2.05) is 11.8 Å². The van der Waals surface area contributed by atoms with E-state index in [0.29, 0.717) is 11.2 Å². The van der Waals surface area contributed by atoms with E-state index in [-0.39, 0.29) is 35.7 Å². The predicted molar refractivity (Wildman–Crippen MR) is 208 cm³/mol. The summed E-state index contributed by atoms with van der Waals surface area (Å²) in [5.74, 6) is 0.537. The molecule has 1 unspecified atom stereocenters. The van der Waals surface area contributed by atoms with Crippen molar-refractivity contribution in [2.75, 3.05) is 0 Å². The molecule has 0 amide bonds. The van der Waals surface area contributed by atoms with Gasteiger partial charge in [0.25, 0.3) is 0 Å². The Balaban J connectivity index is 0.000000231. The first-order valence-electron chi connectivity index (χ1n) is 16.8. The van der Waals surface area contributed by atoms with E-state index in [1.54, 1.807) is 23.3 Å². The molecule has 0 spiro atoms. The van der Waals surface area contributed by atoms with Gasteiger partial charge in [0.15, 0.2) is 0 Å². The Hall–Kier alpha value is -2.00. The minimum absolute atomic E-state index is 0. The van der Waals surface area contributed by atoms with E-state index < -0.39 is 0 Å². The SMILES string of the molecule is CC(C)C1=CC2=C(c3cccc4ccccc34)C(C)SC2=[C-]1.C[Si](C)=[Zr+2].Cc1cc2c(-c3ccc(C(C)(C)C)cc3)ccc(C)c2[cH-]1.[Cl-].[Cl-]. The summed E-state index contributed by atoms with van der Waals surface area (Å²) in [6.45, 7) is 22.5. The summed E-state index contributed by atoms with van der Waals surface area (Å²) in [6, 6.07) is 33.4.